The van der Waals surface area contributed by atoms with Crippen molar-refractivity contribution in [3.8, 4) is 5.88 Å². The fourth-order valence-electron chi connectivity index (χ4n) is 3.19. The summed E-state index contributed by atoms with van der Waals surface area (Å²) in [5, 5.41) is 10.0. The molecule has 0 saturated carbocycles. The van der Waals surface area contributed by atoms with E-state index in [9.17, 15) is 18.0 Å². The average molecular weight is 450 g/mol. The number of carboxylic acids is 1. The van der Waals surface area contributed by atoms with Gasteiger partial charge in [0.25, 0.3) is 0 Å². The Labute approximate surface area is 176 Å². The van der Waals surface area contributed by atoms with E-state index in [4.69, 9.17) is 24.1 Å². The lowest BCUT2D eigenvalue weighted by Crippen LogP contribution is -2.65. The van der Waals surface area contributed by atoms with Crippen LogP contribution in [-0.4, -0.2) is 85.8 Å². The third-order valence-electron chi connectivity index (χ3n) is 4.86. The van der Waals surface area contributed by atoms with E-state index in [1.807, 2.05) is 6.07 Å². The number of methoxy groups -OCH3 is 2. The molecule has 2 aliphatic heterocycles. The number of hydrogen-bond donors (Lipinski definition) is 2. The van der Waals surface area contributed by atoms with Gasteiger partial charge >= 0.3 is 12.1 Å². The van der Waals surface area contributed by atoms with Crippen LogP contribution in [0.2, 0.25) is 0 Å². The van der Waals surface area contributed by atoms with Crippen LogP contribution >= 0.6 is 0 Å². The van der Waals surface area contributed by atoms with Gasteiger partial charge in [0.15, 0.2) is 0 Å². The fourth-order valence-corrected chi connectivity index (χ4v) is 3.19. The van der Waals surface area contributed by atoms with E-state index < -0.39 is 12.1 Å². The molecule has 1 atom stereocenters. The van der Waals surface area contributed by atoms with Crippen LogP contribution in [-0.2, 0) is 19.1 Å². The summed E-state index contributed by atoms with van der Waals surface area (Å²) in [5.74, 6) is -1.04. The van der Waals surface area contributed by atoms with Gasteiger partial charge in [0.05, 0.1) is 26.8 Å². The third kappa shape index (κ3) is 7.21. The number of aliphatic carboxylic acids is 1. The van der Waals surface area contributed by atoms with Gasteiger partial charge in [0.1, 0.15) is 24.4 Å². The molecule has 2 fully saturated rings. The minimum absolute atomic E-state index is 0.0782. The van der Waals surface area contributed by atoms with Crippen molar-refractivity contribution in [2.45, 2.75) is 24.6 Å². The van der Waals surface area contributed by atoms with Crippen LogP contribution in [0.3, 0.4) is 0 Å². The van der Waals surface area contributed by atoms with Crippen molar-refractivity contribution in [1.82, 2.24) is 15.3 Å². The largest absolute Gasteiger partial charge is 0.490 e. The average Bonchev–Trinajstić information content (AvgIpc) is 2.71. The van der Waals surface area contributed by atoms with Gasteiger partial charge in [-0.2, -0.15) is 13.2 Å². The summed E-state index contributed by atoms with van der Waals surface area (Å²) in [6.45, 7) is 3.08. The van der Waals surface area contributed by atoms with Gasteiger partial charge in [-0.15, -0.1) is 0 Å². The monoisotopic (exact) mass is 450 g/mol. The predicted octanol–water partition coefficient (Wildman–Crippen LogP) is 0.867. The number of alkyl halides is 3. The molecule has 0 bridgehead atoms. The highest BCUT2D eigenvalue weighted by atomic mass is 19.4. The molecule has 1 spiro atoms. The van der Waals surface area contributed by atoms with Gasteiger partial charge in [-0.25, -0.2) is 14.8 Å². The smallest absolute Gasteiger partial charge is 0.481 e. The Morgan fingerprint density at radius 3 is 2.55 bits per heavy atom. The van der Waals surface area contributed by atoms with Crippen LogP contribution in [0.25, 0.3) is 0 Å². The summed E-state index contributed by atoms with van der Waals surface area (Å²) in [4.78, 5) is 30.8. The lowest BCUT2D eigenvalue weighted by molar-refractivity contribution is -0.192. The summed E-state index contributed by atoms with van der Waals surface area (Å²) in [7, 11) is 3.11. The molecule has 0 aliphatic carbocycles. The molecule has 31 heavy (non-hydrogen) atoms. The van der Waals surface area contributed by atoms with Crippen molar-refractivity contribution in [2.24, 2.45) is 5.92 Å². The Hall–Kier alpha value is -2.67. The molecule has 3 heterocycles. The van der Waals surface area contributed by atoms with E-state index in [-0.39, 0.29) is 18.1 Å². The zero-order valence-corrected chi connectivity index (χ0v) is 17.1. The van der Waals surface area contributed by atoms with Gasteiger partial charge in [-0.3, -0.25) is 4.79 Å². The maximum Gasteiger partial charge on any atom is 0.490 e. The number of ether oxygens (including phenoxy) is 3. The van der Waals surface area contributed by atoms with E-state index in [1.54, 1.807) is 7.11 Å². The summed E-state index contributed by atoms with van der Waals surface area (Å²) in [5.41, 5.74) is -0.0782. The number of halogens is 3. The Bertz CT molecular complexity index is 748. The molecular formula is C18H25F3N4O6. The summed E-state index contributed by atoms with van der Waals surface area (Å²) in [6.07, 6.45) is -1.52. The molecular weight excluding hydrogens is 425 g/mol. The summed E-state index contributed by atoms with van der Waals surface area (Å²) >= 11 is 0. The zero-order valence-electron chi connectivity index (χ0n) is 17.1. The van der Waals surface area contributed by atoms with Gasteiger partial charge in [-0.1, -0.05) is 0 Å². The van der Waals surface area contributed by atoms with Gasteiger partial charge in [0, 0.05) is 19.7 Å². The van der Waals surface area contributed by atoms with Crippen molar-refractivity contribution in [3.05, 3.63) is 12.4 Å². The highest BCUT2D eigenvalue weighted by Gasteiger charge is 2.47. The number of nitrogens with one attached hydrogen (secondary N) is 1. The second-order valence-electron chi connectivity index (χ2n) is 7.21. The van der Waals surface area contributed by atoms with Gasteiger partial charge in [0.2, 0.25) is 11.8 Å². The topological polar surface area (TPSA) is 123 Å². The normalized spacial score (nSPS) is 19.6. The van der Waals surface area contributed by atoms with Crippen molar-refractivity contribution in [3.63, 3.8) is 0 Å². The quantitative estimate of drug-likeness (QED) is 0.650. The molecule has 10 nitrogen and oxygen atoms in total. The van der Waals surface area contributed by atoms with E-state index in [0.717, 1.165) is 31.7 Å². The number of carboxylic acid groups (broad SMARTS) is 1. The van der Waals surface area contributed by atoms with Crippen LogP contribution in [0.4, 0.5) is 19.0 Å². The Kier molecular flexibility index (Phi) is 8.39. The number of nitrogens with zero attached hydrogens (tertiary/aromatic N) is 3. The first-order chi connectivity index (χ1) is 14.6. The third-order valence-corrected chi connectivity index (χ3v) is 4.86. The number of amides is 1. The van der Waals surface area contributed by atoms with E-state index in [0.29, 0.717) is 24.9 Å². The molecule has 0 radical (unpaired) electrons. The lowest BCUT2D eigenvalue weighted by atomic mass is 9.83. The Balaban J connectivity index is 0.000000423. The molecule has 0 aromatic carbocycles. The summed E-state index contributed by atoms with van der Waals surface area (Å²) < 4.78 is 47.8. The first kappa shape index (κ1) is 24.6. The number of hydrogen-bond acceptors (Lipinski definition) is 8. The standard InChI is InChI=1S/C16H24N4O4.C2HF3O2/c1-22-8-14(21)17-6-12-3-4-16(24-7-12)9-20(10-16)13-5-15(23-2)19-11-18-13;3-2(4,5)1(6)7/h5,11-12H,3-4,6-10H2,1-2H3,(H,17,21);(H,6,7). The molecule has 3 rings (SSSR count). The first-order valence-corrected chi connectivity index (χ1v) is 9.39. The molecule has 2 N–H and O–H groups in total. The maximum atomic E-state index is 11.4. The molecule has 1 aromatic rings. The molecule has 1 amide bonds. The molecule has 2 aliphatic rings. The number of carbonyl (C=O) groups excluding carboxylic acids is 1. The predicted molar refractivity (Wildman–Crippen MR) is 101 cm³/mol. The van der Waals surface area contributed by atoms with Crippen molar-refractivity contribution >= 4 is 17.7 Å². The van der Waals surface area contributed by atoms with Crippen molar-refractivity contribution < 1.29 is 42.1 Å². The fraction of sp³-hybridized carbons (Fsp3) is 0.667. The zero-order chi connectivity index (χ0) is 23.1. The number of rotatable bonds is 6. The highest BCUT2D eigenvalue weighted by Crippen LogP contribution is 2.38. The molecule has 1 aromatic heterocycles. The van der Waals surface area contributed by atoms with Crippen LogP contribution in [0.5, 0.6) is 5.88 Å². The molecule has 13 heteroatoms. The Morgan fingerprint density at radius 1 is 1.35 bits per heavy atom. The summed E-state index contributed by atoms with van der Waals surface area (Å²) in [6, 6.07) is 1.84. The number of anilines is 1. The van der Waals surface area contributed by atoms with Gasteiger partial charge < -0.3 is 29.5 Å². The van der Waals surface area contributed by atoms with Crippen LogP contribution in [0, 0.1) is 5.92 Å². The van der Waals surface area contributed by atoms with Gasteiger partial charge in [-0.05, 0) is 18.8 Å². The Morgan fingerprint density at radius 2 is 2.03 bits per heavy atom. The maximum absolute atomic E-state index is 11.4. The van der Waals surface area contributed by atoms with Crippen LogP contribution in [0.15, 0.2) is 12.4 Å². The highest BCUT2D eigenvalue weighted by molar-refractivity contribution is 5.77. The second kappa shape index (κ2) is 10.6. The minimum Gasteiger partial charge on any atom is -0.481 e. The van der Waals surface area contributed by atoms with Crippen molar-refractivity contribution in [2.75, 3.05) is 52.0 Å². The van der Waals surface area contributed by atoms with Crippen LogP contribution < -0.4 is 15.0 Å². The number of aromatic nitrogens is 2. The van der Waals surface area contributed by atoms with E-state index in [2.05, 4.69) is 20.2 Å². The molecule has 1 unspecified atom stereocenters. The number of carbonyl (C=O) groups is 2. The SMILES string of the molecule is COCC(=O)NCC1CCC2(CN(c3cc(OC)ncn3)C2)OC1.O=C(O)C(F)(F)F. The van der Waals surface area contributed by atoms with E-state index in [1.165, 1.54) is 13.4 Å². The van der Waals surface area contributed by atoms with Crippen LogP contribution in [0.1, 0.15) is 12.8 Å². The van der Waals surface area contributed by atoms with E-state index >= 15 is 0 Å². The van der Waals surface area contributed by atoms with Crippen molar-refractivity contribution in [1.29, 1.82) is 0 Å². The molecule has 2 saturated heterocycles. The second-order valence-corrected chi connectivity index (χ2v) is 7.21. The lowest BCUT2D eigenvalue weighted by Gasteiger charge is -2.53. The molecule has 174 valence electrons. The first-order valence-electron chi connectivity index (χ1n) is 9.39. The minimum atomic E-state index is -5.08.